The number of aryl methyl sites for hydroxylation is 1. The summed E-state index contributed by atoms with van der Waals surface area (Å²) in [7, 11) is 0. The van der Waals surface area contributed by atoms with E-state index >= 15 is 0 Å². The van der Waals surface area contributed by atoms with Crippen molar-refractivity contribution in [3.63, 3.8) is 0 Å². The average molecular weight is 300 g/mol. The Morgan fingerprint density at radius 2 is 1.91 bits per heavy atom. The fraction of sp³-hybridized carbons (Fsp3) is 0.550. The number of hydrogen-bond acceptors (Lipinski definition) is 1. The van der Waals surface area contributed by atoms with Crippen LogP contribution < -0.4 is 0 Å². The minimum Gasteiger partial charge on any atom is -0.481 e. The SMILES string of the molecule is C=CCC(C(=O)O)[C@H]1CC[C@H](c2ccc(CCC)cc2)CC1. The Bertz CT molecular complexity index is 481. The van der Waals surface area contributed by atoms with Crippen LogP contribution >= 0.6 is 0 Å². The Hall–Kier alpha value is -1.57. The van der Waals surface area contributed by atoms with Gasteiger partial charge >= 0.3 is 5.97 Å². The number of carboxylic acids is 1. The second kappa shape index (κ2) is 8.17. The van der Waals surface area contributed by atoms with E-state index in [-0.39, 0.29) is 5.92 Å². The molecule has 2 heteroatoms. The van der Waals surface area contributed by atoms with Gasteiger partial charge in [0.05, 0.1) is 5.92 Å². The van der Waals surface area contributed by atoms with Crippen molar-refractivity contribution >= 4 is 5.97 Å². The topological polar surface area (TPSA) is 37.3 Å². The number of carbonyl (C=O) groups is 1. The van der Waals surface area contributed by atoms with Gasteiger partial charge in [0, 0.05) is 0 Å². The maximum atomic E-state index is 11.4. The van der Waals surface area contributed by atoms with Crippen LogP contribution in [0.25, 0.3) is 0 Å². The lowest BCUT2D eigenvalue weighted by atomic mass is 9.73. The zero-order chi connectivity index (χ0) is 15.9. The van der Waals surface area contributed by atoms with Crippen molar-refractivity contribution in [1.82, 2.24) is 0 Å². The Labute approximate surface area is 134 Å². The number of aliphatic carboxylic acids is 1. The number of allylic oxidation sites excluding steroid dienone is 1. The minimum atomic E-state index is -0.660. The second-order valence-electron chi connectivity index (χ2n) is 6.57. The molecule has 0 radical (unpaired) electrons. The third-order valence-corrected chi connectivity index (χ3v) is 5.07. The smallest absolute Gasteiger partial charge is 0.307 e. The fourth-order valence-corrected chi connectivity index (χ4v) is 3.77. The summed E-state index contributed by atoms with van der Waals surface area (Å²) < 4.78 is 0. The Balaban J connectivity index is 1.93. The molecule has 0 spiro atoms. The first kappa shape index (κ1) is 16.8. The van der Waals surface area contributed by atoms with Crippen LogP contribution in [0.5, 0.6) is 0 Å². The van der Waals surface area contributed by atoms with Crippen LogP contribution in [-0.2, 0) is 11.2 Å². The molecule has 0 saturated heterocycles. The van der Waals surface area contributed by atoms with Crippen LogP contribution in [0, 0.1) is 11.8 Å². The Morgan fingerprint density at radius 3 is 2.41 bits per heavy atom. The van der Waals surface area contributed by atoms with Gasteiger partial charge in [-0.2, -0.15) is 0 Å². The summed E-state index contributed by atoms with van der Waals surface area (Å²) in [5, 5.41) is 9.37. The van der Waals surface area contributed by atoms with E-state index in [1.165, 1.54) is 17.5 Å². The van der Waals surface area contributed by atoms with E-state index in [1.54, 1.807) is 6.08 Å². The molecular weight excluding hydrogens is 272 g/mol. The van der Waals surface area contributed by atoms with Crippen LogP contribution in [0.3, 0.4) is 0 Å². The van der Waals surface area contributed by atoms with Gasteiger partial charge in [0.15, 0.2) is 0 Å². The van der Waals surface area contributed by atoms with Gasteiger partial charge in [-0.1, -0.05) is 43.7 Å². The van der Waals surface area contributed by atoms with Crippen molar-refractivity contribution in [2.24, 2.45) is 11.8 Å². The fourth-order valence-electron chi connectivity index (χ4n) is 3.77. The molecular formula is C20H28O2. The van der Waals surface area contributed by atoms with E-state index in [2.05, 4.69) is 37.8 Å². The van der Waals surface area contributed by atoms with Crippen molar-refractivity contribution < 1.29 is 9.90 Å². The van der Waals surface area contributed by atoms with Crippen LogP contribution in [0.2, 0.25) is 0 Å². The van der Waals surface area contributed by atoms with Gasteiger partial charge in [-0.15, -0.1) is 6.58 Å². The van der Waals surface area contributed by atoms with Gasteiger partial charge in [0.2, 0.25) is 0 Å². The molecule has 2 nitrogen and oxygen atoms in total. The molecule has 1 aromatic carbocycles. The lowest BCUT2D eigenvalue weighted by Gasteiger charge is -2.32. The lowest BCUT2D eigenvalue weighted by Crippen LogP contribution is -2.26. The summed E-state index contributed by atoms with van der Waals surface area (Å²) in [6, 6.07) is 9.05. The van der Waals surface area contributed by atoms with E-state index in [9.17, 15) is 9.90 Å². The monoisotopic (exact) mass is 300 g/mol. The van der Waals surface area contributed by atoms with E-state index in [1.807, 2.05) is 0 Å². The predicted octanol–water partition coefficient (Wildman–Crippen LogP) is 5.19. The first-order valence-electron chi connectivity index (χ1n) is 8.58. The molecule has 0 amide bonds. The number of benzene rings is 1. The minimum absolute atomic E-state index is 0.245. The molecule has 0 aliphatic heterocycles. The zero-order valence-electron chi connectivity index (χ0n) is 13.6. The first-order chi connectivity index (χ1) is 10.7. The molecule has 1 fully saturated rings. The third-order valence-electron chi connectivity index (χ3n) is 5.07. The van der Waals surface area contributed by atoms with E-state index in [0.29, 0.717) is 18.3 Å². The highest BCUT2D eigenvalue weighted by Crippen LogP contribution is 2.39. The van der Waals surface area contributed by atoms with Crippen LogP contribution in [0.4, 0.5) is 0 Å². The van der Waals surface area contributed by atoms with Crippen LogP contribution in [0.15, 0.2) is 36.9 Å². The summed E-state index contributed by atoms with van der Waals surface area (Å²) in [4.78, 5) is 11.4. The van der Waals surface area contributed by atoms with Crippen molar-refractivity contribution in [2.75, 3.05) is 0 Å². The Morgan fingerprint density at radius 1 is 1.27 bits per heavy atom. The molecule has 1 aliphatic rings. The third kappa shape index (κ3) is 4.22. The van der Waals surface area contributed by atoms with Crippen LogP contribution in [-0.4, -0.2) is 11.1 Å². The summed E-state index contributed by atoms with van der Waals surface area (Å²) in [5.41, 5.74) is 2.84. The Kier molecular flexibility index (Phi) is 6.23. The maximum absolute atomic E-state index is 11.4. The number of rotatable bonds is 7. The highest BCUT2D eigenvalue weighted by molar-refractivity contribution is 5.70. The molecule has 1 aliphatic carbocycles. The summed E-state index contributed by atoms with van der Waals surface area (Å²) in [5.74, 6) is 0.00821. The molecule has 1 atom stereocenters. The largest absolute Gasteiger partial charge is 0.481 e. The van der Waals surface area contributed by atoms with Gasteiger partial charge in [0.1, 0.15) is 0 Å². The van der Waals surface area contributed by atoms with E-state index in [0.717, 1.165) is 32.1 Å². The zero-order valence-corrected chi connectivity index (χ0v) is 13.6. The molecule has 1 N–H and O–H groups in total. The van der Waals surface area contributed by atoms with Crippen molar-refractivity contribution in [3.05, 3.63) is 48.0 Å². The summed E-state index contributed by atoms with van der Waals surface area (Å²) >= 11 is 0. The second-order valence-corrected chi connectivity index (χ2v) is 6.57. The van der Waals surface area contributed by atoms with Crippen molar-refractivity contribution in [2.45, 2.75) is 57.8 Å². The van der Waals surface area contributed by atoms with Gasteiger partial charge in [0.25, 0.3) is 0 Å². The van der Waals surface area contributed by atoms with E-state index in [4.69, 9.17) is 0 Å². The molecule has 1 aromatic rings. The van der Waals surface area contributed by atoms with Gasteiger partial charge in [-0.3, -0.25) is 4.79 Å². The quantitative estimate of drug-likeness (QED) is 0.704. The molecule has 1 saturated carbocycles. The van der Waals surface area contributed by atoms with E-state index < -0.39 is 5.97 Å². The number of carboxylic acid groups (broad SMARTS) is 1. The van der Waals surface area contributed by atoms with Gasteiger partial charge in [-0.25, -0.2) is 0 Å². The first-order valence-corrected chi connectivity index (χ1v) is 8.58. The lowest BCUT2D eigenvalue weighted by molar-refractivity contribution is -0.144. The standard InChI is InChI=1S/C20H28O2/c1-3-5-15-7-9-16(10-8-15)17-11-13-18(14-12-17)19(6-4-2)20(21)22/h4,7-10,17-19H,2-3,5-6,11-14H2,1H3,(H,21,22)/t17-,18-,19?. The van der Waals surface area contributed by atoms with Gasteiger partial charge < -0.3 is 5.11 Å². The summed E-state index contributed by atoms with van der Waals surface area (Å²) in [6.45, 7) is 5.91. The molecule has 0 heterocycles. The highest BCUT2D eigenvalue weighted by atomic mass is 16.4. The van der Waals surface area contributed by atoms with Gasteiger partial charge in [-0.05, 0) is 61.5 Å². The molecule has 1 unspecified atom stereocenters. The normalized spacial score (nSPS) is 23.0. The maximum Gasteiger partial charge on any atom is 0.307 e. The molecule has 2 rings (SSSR count). The van der Waals surface area contributed by atoms with Crippen molar-refractivity contribution in [1.29, 1.82) is 0 Å². The number of hydrogen-bond donors (Lipinski definition) is 1. The molecule has 0 bridgehead atoms. The highest BCUT2D eigenvalue weighted by Gasteiger charge is 2.31. The average Bonchev–Trinajstić information content (AvgIpc) is 2.54. The molecule has 120 valence electrons. The molecule has 0 aromatic heterocycles. The molecule has 22 heavy (non-hydrogen) atoms. The predicted molar refractivity (Wildman–Crippen MR) is 91.1 cm³/mol. The van der Waals surface area contributed by atoms with Crippen molar-refractivity contribution in [3.8, 4) is 0 Å². The van der Waals surface area contributed by atoms with Crippen LogP contribution in [0.1, 0.15) is 62.5 Å². The summed E-state index contributed by atoms with van der Waals surface area (Å²) in [6.07, 6.45) is 8.93.